The summed E-state index contributed by atoms with van der Waals surface area (Å²) in [5, 5.41) is 18.7. The third-order valence-electron chi connectivity index (χ3n) is 5.27. The molecule has 1 aromatic heterocycles. The van der Waals surface area contributed by atoms with Crippen LogP contribution in [0.25, 0.3) is 0 Å². The first-order valence-electron chi connectivity index (χ1n) is 10.7. The first-order valence-corrected chi connectivity index (χ1v) is 13.8. The molecule has 2 heterocycles. The van der Waals surface area contributed by atoms with Crippen LogP contribution >= 0.6 is 23.3 Å². The van der Waals surface area contributed by atoms with Gasteiger partial charge in [-0.25, -0.2) is 4.98 Å². The van der Waals surface area contributed by atoms with Crippen molar-refractivity contribution >= 4 is 35.2 Å². The highest BCUT2D eigenvalue weighted by Crippen LogP contribution is 2.35. The van der Waals surface area contributed by atoms with Gasteiger partial charge in [-0.05, 0) is 28.1 Å². The minimum atomic E-state index is -3.32. The molecule has 1 saturated heterocycles. The van der Waals surface area contributed by atoms with Crippen molar-refractivity contribution in [1.82, 2.24) is 24.6 Å². The van der Waals surface area contributed by atoms with Crippen LogP contribution < -0.4 is 0 Å². The van der Waals surface area contributed by atoms with Gasteiger partial charge in [0.1, 0.15) is 4.60 Å². The molecule has 0 spiro atoms. The van der Waals surface area contributed by atoms with Gasteiger partial charge in [0.15, 0.2) is 0 Å². The zero-order chi connectivity index (χ0) is 24.4. The average Bonchev–Trinajstić information content (AvgIpc) is 2.68. The van der Waals surface area contributed by atoms with E-state index in [-0.39, 0.29) is 19.4 Å². The number of hydrogen-bond acceptors (Lipinski definition) is 8. The SMILES string of the molecule is CP(=O)(O)CN1CCN(CC(=O)O)CCN(Cc2cccc(Br)n2)CCN(CC(=O)O)CC1. The van der Waals surface area contributed by atoms with Gasteiger partial charge in [0, 0.05) is 65.6 Å². The lowest BCUT2D eigenvalue weighted by molar-refractivity contribution is -0.139. The number of rotatable bonds is 8. The van der Waals surface area contributed by atoms with E-state index >= 15 is 0 Å². The van der Waals surface area contributed by atoms with Crippen LogP contribution in [-0.2, 0) is 20.7 Å². The summed E-state index contributed by atoms with van der Waals surface area (Å²) in [5.74, 6) is -1.85. The highest BCUT2D eigenvalue weighted by molar-refractivity contribution is 9.10. The number of carboxylic acids is 2. The Morgan fingerprint density at radius 2 is 1.36 bits per heavy atom. The van der Waals surface area contributed by atoms with Crippen LogP contribution in [0.15, 0.2) is 22.8 Å². The Morgan fingerprint density at radius 3 is 1.79 bits per heavy atom. The van der Waals surface area contributed by atoms with Crippen molar-refractivity contribution in [1.29, 1.82) is 0 Å². The van der Waals surface area contributed by atoms with Gasteiger partial charge in [-0.15, -0.1) is 0 Å². The number of aliphatic carboxylic acids is 2. The molecule has 1 aromatic rings. The zero-order valence-electron chi connectivity index (χ0n) is 18.8. The van der Waals surface area contributed by atoms with Crippen molar-refractivity contribution in [2.75, 3.05) is 78.4 Å². The van der Waals surface area contributed by atoms with E-state index in [1.807, 2.05) is 32.9 Å². The summed E-state index contributed by atoms with van der Waals surface area (Å²) in [4.78, 5) is 44.7. The van der Waals surface area contributed by atoms with Crippen LogP contribution in [0.4, 0.5) is 0 Å². The highest BCUT2D eigenvalue weighted by Gasteiger charge is 2.22. The number of pyridine rings is 1. The van der Waals surface area contributed by atoms with E-state index in [0.717, 1.165) is 10.3 Å². The van der Waals surface area contributed by atoms with Crippen molar-refractivity contribution in [2.45, 2.75) is 6.54 Å². The fraction of sp³-hybridized carbons (Fsp3) is 0.650. The smallest absolute Gasteiger partial charge is 0.317 e. The number of carbonyl (C=O) groups is 2. The molecule has 3 N–H and O–H groups in total. The maximum absolute atomic E-state index is 12.0. The Hall–Kier alpha value is -1.40. The monoisotopic (exact) mass is 549 g/mol. The van der Waals surface area contributed by atoms with Gasteiger partial charge in [-0.1, -0.05) is 6.07 Å². The maximum Gasteiger partial charge on any atom is 0.317 e. The molecule has 33 heavy (non-hydrogen) atoms. The number of halogens is 1. The third kappa shape index (κ3) is 12.0. The van der Waals surface area contributed by atoms with Gasteiger partial charge in [0.2, 0.25) is 7.37 Å². The normalized spacial score (nSPS) is 20.5. The molecule has 0 aromatic carbocycles. The third-order valence-corrected chi connectivity index (χ3v) is 6.63. The van der Waals surface area contributed by atoms with E-state index < -0.39 is 19.3 Å². The molecule has 2 rings (SSSR count). The fourth-order valence-corrected chi connectivity index (χ4v) is 5.12. The molecule has 1 fully saturated rings. The first kappa shape index (κ1) is 27.8. The predicted octanol–water partition coefficient (Wildman–Crippen LogP) is 0.593. The van der Waals surface area contributed by atoms with Crippen molar-refractivity contribution in [3.63, 3.8) is 0 Å². The van der Waals surface area contributed by atoms with E-state index in [1.165, 1.54) is 6.66 Å². The van der Waals surface area contributed by atoms with E-state index in [2.05, 4.69) is 25.8 Å². The molecule has 1 aliphatic heterocycles. The van der Waals surface area contributed by atoms with Gasteiger partial charge in [0.25, 0.3) is 0 Å². The predicted molar refractivity (Wildman–Crippen MR) is 128 cm³/mol. The van der Waals surface area contributed by atoms with Crippen LogP contribution in [0, 0.1) is 0 Å². The van der Waals surface area contributed by atoms with Crippen molar-refractivity contribution in [3.05, 3.63) is 28.5 Å². The second-order valence-electron chi connectivity index (χ2n) is 8.38. The van der Waals surface area contributed by atoms with Crippen LogP contribution in [0.5, 0.6) is 0 Å². The Bertz CT molecular complexity index is 809. The lowest BCUT2D eigenvalue weighted by atomic mass is 10.3. The summed E-state index contributed by atoms with van der Waals surface area (Å²) >= 11 is 3.38. The molecular weight excluding hydrogens is 517 g/mol. The molecule has 1 aliphatic rings. The molecule has 1 atom stereocenters. The summed E-state index contributed by atoms with van der Waals surface area (Å²) in [6, 6.07) is 5.66. The van der Waals surface area contributed by atoms with Gasteiger partial charge in [-0.2, -0.15) is 0 Å². The minimum absolute atomic E-state index is 0.0184. The Morgan fingerprint density at radius 1 is 0.909 bits per heavy atom. The van der Waals surface area contributed by atoms with Gasteiger partial charge in [0.05, 0.1) is 25.1 Å². The fourth-order valence-electron chi connectivity index (χ4n) is 3.72. The Balaban J connectivity index is 2.18. The van der Waals surface area contributed by atoms with Gasteiger partial charge < -0.3 is 15.1 Å². The Kier molecular flexibility index (Phi) is 11.4. The summed E-state index contributed by atoms with van der Waals surface area (Å²) in [6.45, 7) is 5.44. The van der Waals surface area contributed by atoms with Crippen LogP contribution in [0.3, 0.4) is 0 Å². The van der Waals surface area contributed by atoms with Crippen molar-refractivity contribution in [3.8, 4) is 0 Å². The highest BCUT2D eigenvalue weighted by atomic mass is 79.9. The van der Waals surface area contributed by atoms with E-state index in [4.69, 9.17) is 0 Å². The summed E-state index contributed by atoms with van der Waals surface area (Å²) in [5.41, 5.74) is 0.860. The topological polar surface area (TPSA) is 138 Å². The van der Waals surface area contributed by atoms with Gasteiger partial charge in [-0.3, -0.25) is 33.8 Å². The largest absolute Gasteiger partial charge is 0.480 e. The average molecular weight is 550 g/mol. The zero-order valence-corrected chi connectivity index (χ0v) is 21.3. The molecule has 1 unspecified atom stereocenters. The molecule has 0 saturated carbocycles. The summed E-state index contributed by atoms with van der Waals surface area (Å²) in [7, 11) is -3.32. The Labute approximate surface area is 202 Å². The number of carboxylic acid groups (broad SMARTS) is 2. The van der Waals surface area contributed by atoms with Crippen LogP contribution in [0.1, 0.15) is 5.69 Å². The van der Waals surface area contributed by atoms with E-state index in [1.54, 1.807) is 0 Å². The lowest BCUT2D eigenvalue weighted by Gasteiger charge is -2.33. The van der Waals surface area contributed by atoms with Crippen LogP contribution in [-0.4, -0.2) is 130 Å². The molecule has 11 nitrogen and oxygen atoms in total. The molecule has 13 heteroatoms. The number of hydrogen-bond donors (Lipinski definition) is 3. The first-order chi connectivity index (χ1) is 15.5. The quantitative estimate of drug-likeness (QED) is 0.310. The minimum Gasteiger partial charge on any atom is -0.480 e. The molecular formula is C20H33BrN5O6P. The number of nitrogens with zero attached hydrogens (tertiary/aromatic N) is 5. The van der Waals surface area contributed by atoms with Crippen molar-refractivity contribution < 1.29 is 29.3 Å². The molecule has 0 aliphatic carbocycles. The summed E-state index contributed by atoms with van der Waals surface area (Å²) < 4.78 is 12.7. The van der Waals surface area contributed by atoms with Crippen molar-refractivity contribution in [2.24, 2.45) is 0 Å². The summed E-state index contributed by atoms with van der Waals surface area (Å²) in [6.07, 6.45) is -0.0184. The van der Waals surface area contributed by atoms with E-state index in [0.29, 0.717) is 58.9 Å². The molecule has 0 amide bonds. The van der Waals surface area contributed by atoms with E-state index in [9.17, 15) is 29.3 Å². The molecule has 0 bridgehead atoms. The number of aromatic nitrogens is 1. The molecule has 0 radical (unpaired) electrons. The lowest BCUT2D eigenvalue weighted by Crippen LogP contribution is -2.47. The van der Waals surface area contributed by atoms with Gasteiger partial charge >= 0.3 is 11.9 Å². The second-order valence-corrected chi connectivity index (χ2v) is 11.6. The second kappa shape index (κ2) is 13.5. The molecule has 186 valence electrons. The maximum atomic E-state index is 12.0. The van der Waals surface area contributed by atoms with Crippen LogP contribution in [0.2, 0.25) is 0 Å². The standard InChI is InChI=1S/C20H33BrN5O6P/c1-33(31,32)16-26-11-9-24(14-19(27)28)7-5-23(13-17-3-2-4-18(21)22-17)6-8-25(10-12-26)15-20(29)30/h2-4H,5-16H2,1H3,(H,27,28)(H,29,30)(H,31,32).